The van der Waals surface area contributed by atoms with Gasteiger partial charge in [0.1, 0.15) is 0 Å². The molecule has 1 heterocycles. The van der Waals surface area contributed by atoms with E-state index >= 15 is 0 Å². The van der Waals surface area contributed by atoms with Gasteiger partial charge in [-0.15, -0.1) is 0 Å². The van der Waals surface area contributed by atoms with Crippen LogP contribution in [0.15, 0.2) is 65.8 Å². The first-order valence-corrected chi connectivity index (χ1v) is 6.89. The van der Waals surface area contributed by atoms with Gasteiger partial charge in [0.05, 0.1) is 11.2 Å². The summed E-state index contributed by atoms with van der Waals surface area (Å²) >= 11 is 0. The molecule has 3 heteroatoms. The summed E-state index contributed by atoms with van der Waals surface area (Å²) in [7, 11) is 4.06. The van der Waals surface area contributed by atoms with Crippen molar-refractivity contribution in [2.75, 3.05) is 19.0 Å². The number of para-hydroxylation sites is 1. The van der Waals surface area contributed by atoms with Crippen molar-refractivity contribution >= 4 is 28.5 Å². The van der Waals surface area contributed by atoms with Crippen molar-refractivity contribution in [3.8, 4) is 0 Å². The molecule has 21 heavy (non-hydrogen) atoms. The van der Waals surface area contributed by atoms with Gasteiger partial charge in [-0.3, -0.25) is 9.98 Å². The van der Waals surface area contributed by atoms with Crippen molar-refractivity contribution in [2.45, 2.75) is 0 Å². The number of hydrogen-bond acceptors (Lipinski definition) is 3. The summed E-state index contributed by atoms with van der Waals surface area (Å²) < 4.78 is 0. The van der Waals surface area contributed by atoms with E-state index < -0.39 is 0 Å². The third-order valence-electron chi connectivity index (χ3n) is 3.40. The largest absolute Gasteiger partial charge is 0.378 e. The number of nitrogens with zero attached hydrogens (tertiary/aromatic N) is 3. The van der Waals surface area contributed by atoms with Crippen molar-refractivity contribution in [2.24, 2.45) is 4.99 Å². The van der Waals surface area contributed by atoms with E-state index in [4.69, 9.17) is 0 Å². The van der Waals surface area contributed by atoms with Crippen molar-refractivity contribution in [3.05, 3.63) is 66.4 Å². The summed E-state index contributed by atoms with van der Waals surface area (Å²) in [6.07, 6.45) is 3.72. The number of aromatic nitrogens is 1. The smallest absolute Gasteiger partial charge is 0.0708 e. The number of aliphatic imine (C=N–C) groups is 1. The Morgan fingerprint density at radius 2 is 1.71 bits per heavy atom. The van der Waals surface area contributed by atoms with Crippen LogP contribution in [-0.4, -0.2) is 25.3 Å². The molecule has 0 saturated carbocycles. The monoisotopic (exact) mass is 275 g/mol. The van der Waals surface area contributed by atoms with Crippen LogP contribution in [0.3, 0.4) is 0 Å². The maximum atomic E-state index is 4.56. The number of pyridine rings is 1. The maximum absolute atomic E-state index is 4.56. The minimum atomic E-state index is 0.946. The van der Waals surface area contributed by atoms with Gasteiger partial charge in [0, 0.05) is 43.1 Å². The molecule has 0 aliphatic carbocycles. The second-order valence-corrected chi connectivity index (χ2v) is 5.09. The average molecular weight is 275 g/mol. The van der Waals surface area contributed by atoms with E-state index in [-0.39, 0.29) is 0 Å². The lowest BCUT2D eigenvalue weighted by atomic mass is 10.1. The van der Waals surface area contributed by atoms with E-state index in [1.807, 2.05) is 62.9 Å². The molecule has 0 radical (unpaired) electrons. The lowest BCUT2D eigenvalue weighted by Gasteiger charge is -2.11. The standard InChI is InChI=1S/C18H17N3/c1-21(2)16-9-7-15(8-10-16)20-13-14-11-12-19-18-6-4-3-5-17(14)18/h3-13H,1-2H3. The first-order valence-electron chi connectivity index (χ1n) is 6.89. The van der Waals surface area contributed by atoms with E-state index in [2.05, 4.69) is 33.1 Å². The maximum Gasteiger partial charge on any atom is 0.0708 e. The predicted molar refractivity (Wildman–Crippen MR) is 89.8 cm³/mol. The topological polar surface area (TPSA) is 28.5 Å². The van der Waals surface area contributed by atoms with Crippen molar-refractivity contribution in [1.29, 1.82) is 0 Å². The van der Waals surface area contributed by atoms with Gasteiger partial charge in [0.15, 0.2) is 0 Å². The quantitative estimate of drug-likeness (QED) is 0.675. The van der Waals surface area contributed by atoms with Crippen LogP contribution in [-0.2, 0) is 0 Å². The normalized spacial score (nSPS) is 11.1. The Hall–Kier alpha value is -2.68. The SMILES string of the molecule is CN(C)c1ccc(N=Cc2ccnc3ccccc23)cc1. The Labute approximate surface area is 124 Å². The van der Waals surface area contributed by atoms with Crippen LogP contribution in [0.4, 0.5) is 11.4 Å². The van der Waals surface area contributed by atoms with Gasteiger partial charge < -0.3 is 4.90 Å². The zero-order valence-electron chi connectivity index (χ0n) is 12.2. The summed E-state index contributed by atoms with van der Waals surface area (Å²) in [5.74, 6) is 0. The van der Waals surface area contributed by atoms with Crippen molar-refractivity contribution in [1.82, 2.24) is 4.98 Å². The molecule has 0 bridgehead atoms. The molecule has 0 amide bonds. The lowest BCUT2D eigenvalue weighted by Crippen LogP contribution is -2.07. The highest BCUT2D eigenvalue weighted by Crippen LogP contribution is 2.19. The molecule has 2 aromatic carbocycles. The molecule has 0 N–H and O–H groups in total. The molecule has 1 aromatic heterocycles. The van der Waals surface area contributed by atoms with Crippen LogP contribution in [0.5, 0.6) is 0 Å². The highest BCUT2D eigenvalue weighted by Gasteiger charge is 1.99. The molecule has 0 saturated heterocycles. The van der Waals surface area contributed by atoms with Gasteiger partial charge in [0.25, 0.3) is 0 Å². The number of fused-ring (bicyclic) bond motifs is 1. The third kappa shape index (κ3) is 2.92. The van der Waals surface area contributed by atoms with Gasteiger partial charge in [-0.1, -0.05) is 18.2 Å². The lowest BCUT2D eigenvalue weighted by molar-refractivity contribution is 1.13. The first-order chi connectivity index (χ1) is 10.2. The Morgan fingerprint density at radius 1 is 0.952 bits per heavy atom. The van der Waals surface area contributed by atoms with E-state index in [9.17, 15) is 0 Å². The second kappa shape index (κ2) is 5.75. The van der Waals surface area contributed by atoms with Crippen LogP contribution in [0.25, 0.3) is 10.9 Å². The van der Waals surface area contributed by atoms with Crippen LogP contribution in [0.2, 0.25) is 0 Å². The number of rotatable bonds is 3. The molecule has 3 nitrogen and oxygen atoms in total. The number of hydrogen-bond donors (Lipinski definition) is 0. The Morgan fingerprint density at radius 3 is 2.48 bits per heavy atom. The highest BCUT2D eigenvalue weighted by molar-refractivity contribution is 5.98. The van der Waals surface area contributed by atoms with E-state index in [1.165, 1.54) is 5.69 Å². The summed E-state index contributed by atoms with van der Waals surface area (Å²) in [5.41, 5.74) is 4.19. The van der Waals surface area contributed by atoms with Gasteiger partial charge >= 0.3 is 0 Å². The fraction of sp³-hybridized carbons (Fsp3) is 0.111. The Bertz CT molecular complexity index is 769. The molecule has 0 spiro atoms. The van der Waals surface area contributed by atoms with Crippen molar-refractivity contribution in [3.63, 3.8) is 0 Å². The summed E-state index contributed by atoms with van der Waals surface area (Å²) in [5, 5.41) is 1.12. The summed E-state index contributed by atoms with van der Waals surface area (Å²) in [4.78, 5) is 11.0. The molecule has 0 aliphatic heterocycles. The molecule has 0 fully saturated rings. The molecular formula is C18H17N3. The summed E-state index contributed by atoms with van der Waals surface area (Å²) in [6.45, 7) is 0. The van der Waals surface area contributed by atoms with Crippen molar-refractivity contribution < 1.29 is 0 Å². The zero-order valence-corrected chi connectivity index (χ0v) is 12.2. The fourth-order valence-electron chi connectivity index (χ4n) is 2.21. The van der Waals surface area contributed by atoms with Crippen LogP contribution >= 0.6 is 0 Å². The molecular weight excluding hydrogens is 258 g/mol. The molecule has 3 rings (SSSR count). The molecule has 0 aliphatic rings. The third-order valence-corrected chi connectivity index (χ3v) is 3.40. The zero-order chi connectivity index (χ0) is 14.7. The molecule has 104 valence electrons. The van der Waals surface area contributed by atoms with Crippen LogP contribution in [0, 0.1) is 0 Å². The second-order valence-electron chi connectivity index (χ2n) is 5.09. The summed E-state index contributed by atoms with van der Waals surface area (Å²) in [6, 6.07) is 18.3. The highest BCUT2D eigenvalue weighted by atomic mass is 15.1. The van der Waals surface area contributed by atoms with Gasteiger partial charge in [-0.25, -0.2) is 0 Å². The van der Waals surface area contributed by atoms with E-state index in [1.54, 1.807) is 0 Å². The molecule has 0 unspecified atom stereocenters. The minimum absolute atomic E-state index is 0.946. The van der Waals surface area contributed by atoms with Gasteiger partial charge in [-0.2, -0.15) is 0 Å². The molecule has 0 atom stereocenters. The minimum Gasteiger partial charge on any atom is -0.378 e. The fourth-order valence-corrected chi connectivity index (χ4v) is 2.21. The number of anilines is 1. The molecule has 3 aromatic rings. The average Bonchev–Trinajstić information content (AvgIpc) is 2.53. The van der Waals surface area contributed by atoms with Crippen LogP contribution < -0.4 is 4.90 Å². The van der Waals surface area contributed by atoms with E-state index in [0.29, 0.717) is 0 Å². The first kappa shape index (κ1) is 13.3. The predicted octanol–water partition coefficient (Wildman–Crippen LogP) is 4.05. The van der Waals surface area contributed by atoms with Gasteiger partial charge in [0.2, 0.25) is 0 Å². The number of benzene rings is 2. The van der Waals surface area contributed by atoms with E-state index in [0.717, 1.165) is 22.2 Å². The Balaban J connectivity index is 1.91. The van der Waals surface area contributed by atoms with Crippen LogP contribution in [0.1, 0.15) is 5.56 Å². The van der Waals surface area contributed by atoms with Gasteiger partial charge in [-0.05, 0) is 36.4 Å². The Kier molecular flexibility index (Phi) is 3.65.